The first-order valence-corrected chi connectivity index (χ1v) is 17.5. The van der Waals surface area contributed by atoms with Crippen LogP contribution in [0.4, 0.5) is 0 Å². The summed E-state index contributed by atoms with van der Waals surface area (Å²) in [6, 6.07) is 7.97. The number of benzene rings is 1. The van der Waals surface area contributed by atoms with Gasteiger partial charge in [0.2, 0.25) is 5.96 Å². The summed E-state index contributed by atoms with van der Waals surface area (Å²) in [6.45, 7) is 16.9. The van der Waals surface area contributed by atoms with Crippen LogP contribution < -0.4 is 11.5 Å². The van der Waals surface area contributed by atoms with Gasteiger partial charge in [0.1, 0.15) is 0 Å². The maximum absolute atomic E-state index is 13.1. The summed E-state index contributed by atoms with van der Waals surface area (Å²) in [5, 5.41) is 20.4. The minimum absolute atomic E-state index is 0.00422. The molecule has 3 unspecified atom stereocenters. The minimum atomic E-state index is -0.627. The molecule has 5 N–H and O–H groups in total. The molecule has 4 fully saturated rings. The summed E-state index contributed by atoms with van der Waals surface area (Å²) in [5.74, 6) is 1.23. The highest BCUT2D eigenvalue weighted by Gasteiger charge is 2.69. The molecular weight excluding hydrogens is 580 g/mol. The van der Waals surface area contributed by atoms with Gasteiger partial charge in [0.25, 0.3) is 0 Å². The van der Waals surface area contributed by atoms with Gasteiger partial charge in [-0.3, -0.25) is 4.79 Å². The molecular formula is C38H53ClN4O2. The summed E-state index contributed by atoms with van der Waals surface area (Å²) in [4.78, 5) is 13.1. The Balaban J connectivity index is 1.48. The molecule has 4 saturated carbocycles. The Morgan fingerprint density at radius 1 is 1.02 bits per heavy atom. The maximum atomic E-state index is 13.1. The number of aliphatic carboxylic acids is 1. The van der Waals surface area contributed by atoms with Gasteiger partial charge in [0.05, 0.1) is 11.1 Å². The zero-order valence-corrected chi connectivity index (χ0v) is 29.0. The van der Waals surface area contributed by atoms with Gasteiger partial charge in [0, 0.05) is 10.4 Å². The van der Waals surface area contributed by atoms with Crippen molar-refractivity contribution in [1.29, 1.82) is 0 Å². The van der Waals surface area contributed by atoms with Crippen LogP contribution in [0, 0.1) is 56.7 Å². The first-order valence-electron chi connectivity index (χ1n) is 17.1. The summed E-state index contributed by atoms with van der Waals surface area (Å²) in [5.41, 5.74) is 15.3. The third-order valence-electron chi connectivity index (χ3n) is 14.5. The average molecular weight is 633 g/mol. The van der Waals surface area contributed by atoms with Crippen molar-refractivity contribution in [3.63, 3.8) is 0 Å². The van der Waals surface area contributed by atoms with E-state index in [0.717, 1.165) is 62.6 Å². The number of nitrogens with two attached hydrogens (primary N) is 2. The number of carboxylic acids is 1. The third kappa shape index (κ3) is 4.58. The Labute approximate surface area is 274 Å². The van der Waals surface area contributed by atoms with E-state index in [1.54, 1.807) is 0 Å². The molecule has 0 amide bonds. The number of halogens is 1. The highest BCUT2D eigenvalue weighted by atomic mass is 35.5. The van der Waals surface area contributed by atoms with Crippen molar-refractivity contribution in [1.82, 2.24) is 0 Å². The summed E-state index contributed by atoms with van der Waals surface area (Å²) in [6.07, 6.45) is 12.4. The number of carboxylic acid groups (broad SMARTS) is 1. The van der Waals surface area contributed by atoms with Gasteiger partial charge < -0.3 is 16.6 Å². The van der Waals surface area contributed by atoms with Crippen LogP contribution in [0.2, 0.25) is 5.02 Å². The number of fused-ring (bicyclic) bond motifs is 7. The lowest BCUT2D eigenvalue weighted by molar-refractivity contribution is -0.179. The lowest BCUT2D eigenvalue weighted by Gasteiger charge is -2.71. The standard InChI is InChI=1S/C38H53ClN4O2/c1-22-13-16-38(32(44)45)18-17-36(6)27(30(38)23(22)2)11-12-29-35(5)21-25(19-24-9-8-10-26(39)20-24)31(42-43-33(40)41)34(3,4)28(35)14-15-37(29,36)7/h8-11,19-20,22-23,28-30H,12-18,21H2,1-7H3,(H,44,45)(H4,40,41,43)/b25-19+,42-31+/t22-,23+,28?,29?,30?,35+,36-,37-,38+/m1/s1. The van der Waals surface area contributed by atoms with Crippen molar-refractivity contribution in [2.45, 2.75) is 99.8 Å². The molecule has 0 bridgehead atoms. The Morgan fingerprint density at radius 2 is 1.76 bits per heavy atom. The molecule has 45 heavy (non-hydrogen) atoms. The molecule has 0 radical (unpaired) electrons. The van der Waals surface area contributed by atoms with Crippen LogP contribution in [-0.2, 0) is 4.79 Å². The molecule has 1 aromatic carbocycles. The second kappa shape index (κ2) is 10.7. The van der Waals surface area contributed by atoms with Crippen molar-refractivity contribution in [2.75, 3.05) is 0 Å². The van der Waals surface area contributed by atoms with E-state index >= 15 is 0 Å². The van der Waals surface area contributed by atoms with E-state index in [0.29, 0.717) is 28.7 Å². The molecule has 0 saturated heterocycles. The largest absolute Gasteiger partial charge is 0.481 e. The van der Waals surface area contributed by atoms with E-state index in [1.165, 1.54) is 11.1 Å². The quantitative estimate of drug-likeness (QED) is 0.134. The maximum Gasteiger partial charge on any atom is 0.310 e. The Bertz CT molecular complexity index is 1520. The first-order chi connectivity index (χ1) is 21.0. The van der Waals surface area contributed by atoms with Crippen LogP contribution in [0.25, 0.3) is 6.08 Å². The average Bonchev–Trinajstić information content (AvgIpc) is 2.94. The zero-order chi connectivity index (χ0) is 32.7. The molecule has 244 valence electrons. The van der Waals surface area contributed by atoms with E-state index in [-0.39, 0.29) is 33.5 Å². The van der Waals surface area contributed by atoms with Crippen molar-refractivity contribution >= 4 is 35.3 Å². The summed E-state index contributed by atoms with van der Waals surface area (Å²) < 4.78 is 0. The van der Waals surface area contributed by atoms with Gasteiger partial charge >= 0.3 is 5.97 Å². The lowest BCUT2D eigenvalue weighted by atomic mass is 9.33. The predicted octanol–water partition coefficient (Wildman–Crippen LogP) is 8.70. The Hall–Kier alpha value is -2.60. The second-order valence-corrected chi connectivity index (χ2v) is 17.1. The molecule has 5 aliphatic rings. The van der Waals surface area contributed by atoms with Crippen molar-refractivity contribution < 1.29 is 9.90 Å². The SMILES string of the molecule is C[C@@H]1CC[C@]2(C(=O)O)CC[C@]3(C)C(=CCC4[C@@]5(C)CC(=C\c6cccc(Cl)c6)/C(=N\N=C(N)N)C(C)(C)C5CC[C@]43C)C2[C@H]1C. The number of hydrogen-bond donors (Lipinski definition) is 3. The molecule has 9 atom stereocenters. The molecule has 0 aromatic heterocycles. The van der Waals surface area contributed by atoms with Gasteiger partial charge in [-0.05, 0) is 127 Å². The molecule has 1 aromatic rings. The van der Waals surface area contributed by atoms with Gasteiger partial charge in [-0.2, -0.15) is 5.10 Å². The van der Waals surface area contributed by atoms with Crippen LogP contribution >= 0.6 is 11.6 Å². The highest BCUT2D eigenvalue weighted by Crippen LogP contribution is 2.76. The number of hydrogen-bond acceptors (Lipinski definition) is 3. The van der Waals surface area contributed by atoms with E-state index in [1.807, 2.05) is 18.2 Å². The second-order valence-electron chi connectivity index (χ2n) is 16.7. The van der Waals surface area contributed by atoms with Crippen molar-refractivity contribution in [3.8, 4) is 0 Å². The van der Waals surface area contributed by atoms with Gasteiger partial charge in [-0.1, -0.05) is 83.8 Å². The number of carbonyl (C=O) groups is 1. The molecule has 5 aliphatic carbocycles. The van der Waals surface area contributed by atoms with E-state index < -0.39 is 11.4 Å². The molecule has 0 heterocycles. The Morgan fingerprint density at radius 3 is 2.42 bits per heavy atom. The van der Waals surface area contributed by atoms with Gasteiger partial charge in [-0.25, -0.2) is 0 Å². The minimum Gasteiger partial charge on any atom is -0.481 e. The molecule has 6 rings (SSSR count). The van der Waals surface area contributed by atoms with Crippen LogP contribution in [-0.4, -0.2) is 22.7 Å². The fraction of sp³-hybridized carbons (Fsp3) is 0.658. The van der Waals surface area contributed by atoms with Gasteiger partial charge in [0.15, 0.2) is 0 Å². The van der Waals surface area contributed by atoms with E-state index in [4.69, 9.17) is 28.2 Å². The van der Waals surface area contributed by atoms with E-state index in [9.17, 15) is 9.90 Å². The van der Waals surface area contributed by atoms with Crippen LogP contribution in [0.5, 0.6) is 0 Å². The third-order valence-corrected chi connectivity index (χ3v) is 14.7. The zero-order valence-electron chi connectivity index (χ0n) is 28.3. The molecule has 0 aliphatic heterocycles. The number of allylic oxidation sites excluding steroid dienone is 3. The summed E-state index contributed by atoms with van der Waals surface area (Å²) >= 11 is 6.42. The molecule has 7 heteroatoms. The smallest absolute Gasteiger partial charge is 0.310 e. The van der Waals surface area contributed by atoms with Crippen LogP contribution in [0.1, 0.15) is 105 Å². The fourth-order valence-corrected chi connectivity index (χ4v) is 12.1. The summed E-state index contributed by atoms with van der Waals surface area (Å²) in [7, 11) is 0. The number of rotatable bonds is 3. The Kier molecular flexibility index (Phi) is 7.70. The normalized spacial score (nSPS) is 43.7. The van der Waals surface area contributed by atoms with Crippen LogP contribution in [0.3, 0.4) is 0 Å². The van der Waals surface area contributed by atoms with E-state index in [2.05, 4.69) is 71.8 Å². The number of guanidine groups is 1. The molecule has 6 nitrogen and oxygen atoms in total. The highest BCUT2D eigenvalue weighted by molar-refractivity contribution is 6.30. The fourth-order valence-electron chi connectivity index (χ4n) is 11.9. The first kappa shape index (κ1) is 32.3. The van der Waals surface area contributed by atoms with Crippen LogP contribution in [0.15, 0.2) is 51.7 Å². The van der Waals surface area contributed by atoms with Crippen molar-refractivity contribution in [2.24, 2.45) is 78.3 Å². The topological polar surface area (TPSA) is 114 Å². The number of nitrogens with zero attached hydrogens (tertiary/aromatic N) is 2. The predicted molar refractivity (Wildman–Crippen MR) is 185 cm³/mol. The van der Waals surface area contributed by atoms with Gasteiger partial charge in [-0.15, -0.1) is 5.10 Å². The lowest BCUT2D eigenvalue weighted by Crippen LogP contribution is -2.65. The van der Waals surface area contributed by atoms with Crippen molar-refractivity contribution in [3.05, 3.63) is 52.1 Å². The monoisotopic (exact) mass is 632 g/mol. The molecule has 0 spiro atoms.